The summed E-state index contributed by atoms with van der Waals surface area (Å²) >= 11 is 0. The lowest BCUT2D eigenvalue weighted by Gasteiger charge is -2.05. The Kier molecular flexibility index (Phi) is 4.86. The van der Waals surface area contributed by atoms with Crippen molar-refractivity contribution in [1.82, 2.24) is 5.32 Å². The van der Waals surface area contributed by atoms with Gasteiger partial charge in [-0.15, -0.1) is 4.70 Å². The highest BCUT2D eigenvalue weighted by Crippen LogP contribution is 1.92. The Morgan fingerprint density at radius 1 is 1.14 bits per heavy atom. The number of hydrogen-bond donors (Lipinski definition) is 2. The van der Waals surface area contributed by atoms with Gasteiger partial charge in [-0.3, -0.25) is 0 Å². The highest BCUT2D eigenvalue weighted by molar-refractivity contribution is 5.11. The predicted octanol–water partition coefficient (Wildman–Crippen LogP) is 1.63. The second kappa shape index (κ2) is 6.27. The summed E-state index contributed by atoms with van der Waals surface area (Å²) < 4.78 is 1.58. The lowest BCUT2D eigenvalue weighted by molar-refractivity contribution is -0.617. The molecule has 1 saturated heterocycles. The minimum absolute atomic E-state index is 0.875. The Morgan fingerprint density at radius 3 is 2.00 bits per heavy atom. The maximum Gasteiger partial charge on any atom is 0.180 e. The van der Waals surface area contributed by atoms with Crippen LogP contribution in [0.15, 0.2) is 30.3 Å². The number of hydrogen-bond acceptors (Lipinski definition) is 2. The molecule has 0 aliphatic carbocycles. The third-order valence-corrected chi connectivity index (χ3v) is 2.06. The van der Waals surface area contributed by atoms with Gasteiger partial charge in [-0.25, -0.2) is 0 Å². The third kappa shape index (κ3) is 4.72. The van der Waals surface area contributed by atoms with Crippen LogP contribution in [-0.2, 0) is 0 Å². The second-order valence-electron chi connectivity index (χ2n) is 3.39. The van der Waals surface area contributed by atoms with E-state index in [0.717, 1.165) is 26.2 Å². The summed E-state index contributed by atoms with van der Waals surface area (Å²) in [4.78, 5) is 0. The van der Waals surface area contributed by atoms with Crippen molar-refractivity contribution in [1.29, 1.82) is 5.53 Å². The Labute approximate surface area is 85.3 Å². The summed E-state index contributed by atoms with van der Waals surface area (Å²) in [7, 11) is 0. The van der Waals surface area contributed by atoms with Crippen molar-refractivity contribution in [3.05, 3.63) is 35.9 Å². The normalized spacial score (nSPS) is 15.6. The Bertz CT molecular complexity index is 261. The molecule has 0 saturated carbocycles. The first-order valence-corrected chi connectivity index (χ1v) is 4.97. The molecule has 0 atom stereocenters. The number of rotatable bonds is 0. The maximum absolute atomic E-state index is 7.07. The predicted molar refractivity (Wildman–Crippen MR) is 56.8 cm³/mol. The standard InChI is InChI=1S/C7H8.C4H10N3/c1-7-5-3-2-4-6-7;5-7-3-1-6-2-4-7/h2-6H,1H3;5-6H,1-4H2/q;+1. The van der Waals surface area contributed by atoms with Crippen molar-refractivity contribution in [2.75, 3.05) is 26.2 Å². The number of nitrogens with one attached hydrogen (secondary N) is 2. The molecule has 3 heteroatoms. The molecule has 0 aromatic heterocycles. The van der Waals surface area contributed by atoms with Gasteiger partial charge in [0.15, 0.2) is 13.1 Å². The van der Waals surface area contributed by atoms with E-state index in [0.29, 0.717) is 0 Å². The fourth-order valence-corrected chi connectivity index (χ4v) is 1.20. The van der Waals surface area contributed by atoms with Gasteiger partial charge >= 0.3 is 0 Å². The van der Waals surface area contributed by atoms with Crippen molar-refractivity contribution in [2.45, 2.75) is 6.92 Å². The van der Waals surface area contributed by atoms with E-state index >= 15 is 0 Å². The quantitative estimate of drug-likeness (QED) is 0.602. The molecule has 0 bridgehead atoms. The van der Waals surface area contributed by atoms with E-state index in [9.17, 15) is 0 Å². The van der Waals surface area contributed by atoms with E-state index in [1.165, 1.54) is 5.56 Å². The molecule has 1 aromatic carbocycles. The van der Waals surface area contributed by atoms with Crippen LogP contribution in [0.2, 0.25) is 0 Å². The third-order valence-electron chi connectivity index (χ3n) is 2.06. The molecule has 0 unspecified atom stereocenters. The highest BCUT2D eigenvalue weighted by atomic mass is 15.2. The minimum atomic E-state index is 0.875. The van der Waals surface area contributed by atoms with Crippen molar-refractivity contribution in [2.24, 2.45) is 0 Å². The van der Waals surface area contributed by atoms with E-state index in [2.05, 4.69) is 24.4 Å². The maximum atomic E-state index is 7.07. The topological polar surface area (TPSA) is 38.9 Å². The summed E-state index contributed by atoms with van der Waals surface area (Å²) in [5.41, 5.74) is 8.39. The van der Waals surface area contributed by atoms with E-state index in [1.807, 2.05) is 18.2 Å². The van der Waals surface area contributed by atoms with Crippen LogP contribution < -0.4 is 5.32 Å². The lowest BCUT2D eigenvalue weighted by Crippen LogP contribution is -2.36. The first-order chi connectivity index (χ1) is 6.79. The van der Waals surface area contributed by atoms with Gasteiger partial charge in [-0.05, 0) is 6.92 Å². The van der Waals surface area contributed by atoms with Crippen molar-refractivity contribution < 1.29 is 4.70 Å². The molecule has 0 spiro atoms. The summed E-state index contributed by atoms with van der Waals surface area (Å²) in [5, 5.41) is 3.15. The Hall–Kier alpha value is -1.22. The van der Waals surface area contributed by atoms with Gasteiger partial charge in [0, 0.05) is 0 Å². The van der Waals surface area contributed by atoms with Gasteiger partial charge in [0.2, 0.25) is 0 Å². The largest absolute Gasteiger partial charge is 0.305 e. The molecule has 0 amide bonds. The number of nitrogens with zero attached hydrogens (tertiary/aromatic N) is 1. The molecule has 1 aliphatic rings. The summed E-state index contributed by atoms with van der Waals surface area (Å²) in [5.74, 6) is 0. The average molecular weight is 192 g/mol. The zero-order valence-corrected chi connectivity index (χ0v) is 8.66. The van der Waals surface area contributed by atoms with Gasteiger partial charge in [0.05, 0.1) is 13.1 Å². The number of piperazine rings is 1. The molecule has 1 aromatic rings. The molecular formula is C11H18N3+. The SMILES string of the molecule is Cc1ccccc1.N=[N+]1CCNCC1. The van der Waals surface area contributed by atoms with Gasteiger partial charge in [0.1, 0.15) is 0 Å². The highest BCUT2D eigenvalue weighted by Gasteiger charge is 2.07. The Morgan fingerprint density at radius 2 is 1.71 bits per heavy atom. The van der Waals surface area contributed by atoms with Crippen LogP contribution in [-0.4, -0.2) is 30.9 Å². The van der Waals surface area contributed by atoms with Gasteiger partial charge < -0.3 is 5.32 Å². The fourth-order valence-electron chi connectivity index (χ4n) is 1.20. The smallest absolute Gasteiger partial charge is 0.180 e. The molecule has 1 fully saturated rings. The first kappa shape index (κ1) is 10.9. The molecule has 1 heterocycles. The van der Waals surface area contributed by atoms with Gasteiger partial charge in [-0.2, -0.15) is 0 Å². The second-order valence-corrected chi connectivity index (χ2v) is 3.39. The van der Waals surface area contributed by atoms with Crippen LogP contribution in [0, 0.1) is 12.5 Å². The van der Waals surface area contributed by atoms with E-state index in [-0.39, 0.29) is 0 Å². The van der Waals surface area contributed by atoms with Crippen LogP contribution in [0.3, 0.4) is 0 Å². The van der Waals surface area contributed by atoms with Crippen LogP contribution in [0.1, 0.15) is 5.56 Å². The lowest BCUT2D eigenvalue weighted by atomic mass is 10.2. The van der Waals surface area contributed by atoms with Crippen LogP contribution in [0.5, 0.6) is 0 Å². The monoisotopic (exact) mass is 192 g/mol. The molecule has 2 N–H and O–H groups in total. The van der Waals surface area contributed by atoms with E-state index < -0.39 is 0 Å². The molecule has 0 radical (unpaired) electrons. The van der Waals surface area contributed by atoms with Gasteiger partial charge in [-0.1, -0.05) is 41.4 Å². The molecule has 1 aliphatic heterocycles. The summed E-state index contributed by atoms with van der Waals surface area (Å²) in [6, 6.07) is 10.3. The number of aryl methyl sites for hydroxylation is 1. The molecule has 2 rings (SSSR count). The first-order valence-electron chi connectivity index (χ1n) is 4.97. The summed E-state index contributed by atoms with van der Waals surface area (Å²) in [6.45, 7) is 5.78. The zero-order valence-electron chi connectivity index (χ0n) is 8.66. The van der Waals surface area contributed by atoms with E-state index in [4.69, 9.17) is 5.53 Å². The van der Waals surface area contributed by atoms with Crippen LogP contribution >= 0.6 is 0 Å². The molecular weight excluding hydrogens is 174 g/mol. The van der Waals surface area contributed by atoms with Crippen LogP contribution in [0.25, 0.3) is 0 Å². The molecule has 3 nitrogen and oxygen atoms in total. The van der Waals surface area contributed by atoms with Crippen molar-refractivity contribution >= 4 is 0 Å². The van der Waals surface area contributed by atoms with E-state index in [1.54, 1.807) is 4.70 Å². The Balaban J connectivity index is 0.000000140. The molecule has 14 heavy (non-hydrogen) atoms. The van der Waals surface area contributed by atoms with Crippen LogP contribution in [0.4, 0.5) is 0 Å². The van der Waals surface area contributed by atoms with Crippen molar-refractivity contribution in [3.63, 3.8) is 0 Å². The number of benzene rings is 1. The minimum Gasteiger partial charge on any atom is -0.305 e. The summed E-state index contributed by atoms with van der Waals surface area (Å²) in [6.07, 6.45) is 0. The zero-order chi connectivity index (χ0) is 10.2. The van der Waals surface area contributed by atoms with Crippen molar-refractivity contribution in [3.8, 4) is 0 Å². The van der Waals surface area contributed by atoms with Gasteiger partial charge in [0.25, 0.3) is 0 Å². The molecule has 76 valence electrons. The fraction of sp³-hybridized carbons (Fsp3) is 0.455. The average Bonchev–Trinajstić information content (AvgIpc) is 2.21.